The molecule has 0 spiro atoms. The zero-order valence-corrected chi connectivity index (χ0v) is 13.4. The van der Waals surface area contributed by atoms with Gasteiger partial charge in [-0.1, -0.05) is 6.07 Å². The molecule has 2 aromatic rings. The molecule has 7 nitrogen and oxygen atoms in total. The van der Waals surface area contributed by atoms with Gasteiger partial charge in [0.1, 0.15) is 0 Å². The normalized spacial score (nSPS) is 11.6. The van der Waals surface area contributed by atoms with Crippen molar-refractivity contribution in [3.8, 4) is 11.5 Å². The molecule has 1 atom stereocenters. The Labute approximate surface area is 139 Å². The van der Waals surface area contributed by atoms with E-state index in [-0.39, 0.29) is 12.2 Å². The number of carboxylic acid groups (broad SMARTS) is 1. The van der Waals surface area contributed by atoms with E-state index in [0.29, 0.717) is 23.7 Å². The van der Waals surface area contributed by atoms with Gasteiger partial charge in [-0.05, 0) is 36.8 Å². The summed E-state index contributed by atoms with van der Waals surface area (Å²) in [7, 11) is 1.50. The van der Waals surface area contributed by atoms with Crippen LogP contribution in [0.3, 0.4) is 0 Å². The molecule has 0 saturated heterocycles. The molecule has 1 amide bonds. The largest absolute Gasteiger partial charge is 0.493 e. The zero-order chi connectivity index (χ0) is 17.5. The molecule has 24 heavy (non-hydrogen) atoms. The Morgan fingerprint density at radius 3 is 2.67 bits per heavy atom. The first-order chi connectivity index (χ1) is 11.5. The second kappa shape index (κ2) is 8.05. The number of furan rings is 1. The quantitative estimate of drug-likeness (QED) is 0.770. The Bertz CT molecular complexity index is 695. The molecule has 128 valence electrons. The van der Waals surface area contributed by atoms with E-state index in [1.165, 1.54) is 19.4 Å². The lowest BCUT2D eigenvalue weighted by molar-refractivity contribution is -0.137. The van der Waals surface area contributed by atoms with Gasteiger partial charge in [0, 0.05) is 0 Å². The van der Waals surface area contributed by atoms with E-state index >= 15 is 0 Å². The van der Waals surface area contributed by atoms with Crippen LogP contribution in [0.25, 0.3) is 0 Å². The molecule has 1 aromatic carbocycles. The topological polar surface area (TPSA) is 98.0 Å². The number of hydrogen-bond acceptors (Lipinski definition) is 5. The molecule has 0 aliphatic heterocycles. The Balaban J connectivity index is 2.26. The van der Waals surface area contributed by atoms with Gasteiger partial charge in [-0.25, -0.2) is 0 Å². The van der Waals surface area contributed by atoms with Crippen LogP contribution >= 0.6 is 0 Å². The number of benzene rings is 1. The molecular formula is C17H19NO6. The average molecular weight is 333 g/mol. The molecule has 1 aromatic heterocycles. The molecule has 0 saturated carbocycles. The number of aliphatic carboxylic acids is 1. The van der Waals surface area contributed by atoms with E-state index < -0.39 is 17.9 Å². The van der Waals surface area contributed by atoms with Crippen molar-refractivity contribution in [1.29, 1.82) is 0 Å². The molecule has 2 N–H and O–H groups in total. The molecular weight excluding hydrogens is 314 g/mol. The molecule has 0 aliphatic carbocycles. The first-order valence-electron chi connectivity index (χ1n) is 7.42. The lowest BCUT2D eigenvalue weighted by Gasteiger charge is -2.18. The summed E-state index contributed by atoms with van der Waals surface area (Å²) in [6.07, 6.45) is 1.10. The van der Waals surface area contributed by atoms with Gasteiger partial charge < -0.3 is 24.3 Å². The number of amides is 1. The molecule has 0 unspecified atom stereocenters. The third-order valence-electron chi connectivity index (χ3n) is 3.32. The molecule has 2 rings (SSSR count). The maximum Gasteiger partial charge on any atom is 0.305 e. The second-order valence-electron chi connectivity index (χ2n) is 4.94. The maximum absolute atomic E-state index is 12.1. The van der Waals surface area contributed by atoms with Gasteiger partial charge in [0.05, 0.1) is 32.4 Å². The summed E-state index contributed by atoms with van der Waals surface area (Å²) < 4.78 is 15.7. The van der Waals surface area contributed by atoms with Gasteiger partial charge >= 0.3 is 5.97 Å². The first kappa shape index (κ1) is 17.4. The van der Waals surface area contributed by atoms with Crippen LogP contribution in [0.2, 0.25) is 0 Å². The van der Waals surface area contributed by atoms with Crippen LogP contribution in [-0.2, 0) is 4.79 Å². The molecule has 0 aliphatic rings. The van der Waals surface area contributed by atoms with Gasteiger partial charge in [0.25, 0.3) is 5.91 Å². The highest BCUT2D eigenvalue weighted by Crippen LogP contribution is 2.31. The van der Waals surface area contributed by atoms with E-state index in [2.05, 4.69) is 5.32 Å². The fraction of sp³-hybridized carbons (Fsp3) is 0.294. The molecule has 7 heteroatoms. The summed E-state index contributed by atoms with van der Waals surface area (Å²) in [6, 6.07) is 7.40. The molecule has 0 fully saturated rings. The van der Waals surface area contributed by atoms with Crippen LogP contribution in [0, 0.1) is 0 Å². The van der Waals surface area contributed by atoms with Gasteiger partial charge in [0.2, 0.25) is 0 Å². The Hall–Kier alpha value is -2.96. The van der Waals surface area contributed by atoms with Crippen molar-refractivity contribution in [1.82, 2.24) is 5.32 Å². The van der Waals surface area contributed by atoms with Gasteiger partial charge in [0.15, 0.2) is 17.3 Å². The Morgan fingerprint density at radius 2 is 2.08 bits per heavy atom. The maximum atomic E-state index is 12.1. The van der Waals surface area contributed by atoms with Crippen molar-refractivity contribution >= 4 is 11.9 Å². The smallest absolute Gasteiger partial charge is 0.305 e. The minimum atomic E-state index is -1.03. The standard InChI is InChI=1S/C17H19NO6/c1-3-23-13-7-6-11(9-15(13)22-2)12(10-16(19)20)18-17(21)14-5-4-8-24-14/h4-9,12H,3,10H2,1-2H3,(H,18,21)(H,19,20)/t12-/m1/s1. The van der Waals surface area contributed by atoms with E-state index in [9.17, 15) is 9.59 Å². The van der Waals surface area contributed by atoms with Crippen LogP contribution in [-0.4, -0.2) is 30.7 Å². The fourth-order valence-corrected chi connectivity index (χ4v) is 2.24. The van der Waals surface area contributed by atoms with Crippen molar-refractivity contribution in [2.75, 3.05) is 13.7 Å². The second-order valence-corrected chi connectivity index (χ2v) is 4.94. The lowest BCUT2D eigenvalue weighted by Crippen LogP contribution is -2.30. The Morgan fingerprint density at radius 1 is 1.29 bits per heavy atom. The number of hydrogen-bond donors (Lipinski definition) is 2. The first-order valence-corrected chi connectivity index (χ1v) is 7.42. The summed E-state index contributed by atoms with van der Waals surface area (Å²) in [5.74, 6) is -0.387. The van der Waals surface area contributed by atoms with Crippen LogP contribution in [0.5, 0.6) is 11.5 Å². The highest BCUT2D eigenvalue weighted by molar-refractivity contribution is 5.92. The number of rotatable bonds is 8. The number of nitrogens with one attached hydrogen (secondary N) is 1. The van der Waals surface area contributed by atoms with Gasteiger partial charge in [-0.3, -0.25) is 9.59 Å². The fourth-order valence-electron chi connectivity index (χ4n) is 2.24. The van der Waals surface area contributed by atoms with Crippen LogP contribution in [0.15, 0.2) is 41.0 Å². The number of carbonyl (C=O) groups excluding carboxylic acids is 1. The molecule has 1 heterocycles. The lowest BCUT2D eigenvalue weighted by atomic mass is 10.0. The average Bonchev–Trinajstić information content (AvgIpc) is 3.09. The highest BCUT2D eigenvalue weighted by Gasteiger charge is 2.21. The molecule has 0 radical (unpaired) electrons. The van der Waals surface area contributed by atoms with E-state index in [1.54, 1.807) is 24.3 Å². The van der Waals surface area contributed by atoms with Crippen LogP contribution in [0.4, 0.5) is 0 Å². The van der Waals surface area contributed by atoms with Gasteiger partial charge in [-0.15, -0.1) is 0 Å². The van der Waals surface area contributed by atoms with Crippen molar-refractivity contribution in [3.05, 3.63) is 47.9 Å². The third kappa shape index (κ3) is 4.28. The Kier molecular flexibility index (Phi) is 5.83. The highest BCUT2D eigenvalue weighted by atomic mass is 16.5. The minimum Gasteiger partial charge on any atom is -0.493 e. The minimum absolute atomic E-state index is 0.114. The van der Waals surface area contributed by atoms with Gasteiger partial charge in [-0.2, -0.15) is 0 Å². The summed E-state index contributed by atoms with van der Waals surface area (Å²) in [4.78, 5) is 23.3. The van der Waals surface area contributed by atoms with E-state index in [4.69, 9.17) is 19.0 Å². The van der Waals surface area contributed by atoms with Crippen molar-refractivity contribution in [2.45, 2.75) is 19.4 Å². The summed E-state index contributed by atoms with van der Waals surface area (Å²) in [5.41, 5.74) is 0.595. The molecule has 0 bridgehead atoms. The summed E-state index contributed by atoms with van der Waals surface area (Å²) >= 11 is 0. The predicted molar refractivity (Wildman–Crippen MR) is 85.3 cm³/mol. The predicted octanol–water partition coefficient (Wildman–Crippen LogP) is 2.63. The monoisotopic (exact) mass is 333 g/mol. The van der Waals surface area contributed by atoms with E-state index in [1.807, 2.05) is 6.92 Å². The third-order valence-corrected chi connectivity index (χ3v) is 3.32. The van der Waals surface area contributed by atoms with Crippen LogP contribution < -0.4 is 14.8 Å². The van der Waals surface area contributed by atoms with Crippen molar-refractivity contribution < 1.29 is 28.6 Å². The number of ether oxygens (including phenoxy) is 2. The number of methoxy groups -OCH3 is 1. The van der Waals surface area contributed by atoms with Crippen molar-refractivity contribution in [2.24, 2.45) is 0 Å². The van der Waals surface area contributed by atoms with E-state index in [0.717, 1.165) is 0 Å². The summed E-state index contributed by atoms with van der Waals surface area (Å²) in [6.45, 7) is 2.33. The SMILES string of the molecule is CCOc1ccc([C@@H](CC(=O)O)NC(=O)c2ccco2)cc1OC. The number of carbonyl (C=O) groups is 2. The number of carboxylic acids is 1. The zero-order valence-electron chi connectivity index (χ0n) is 13.4. The summed E-state index contributed by atoms with van der Waals surface area (Å²) in [5, 5.41) is 11.8. The van der Waals surface area contributed by atoms with Crippen LogP contribution in [0.1, 0.15) is 35.5 Å². The van der Waals surface area contributed by atoms with Crippen molar-refractivity contribution in [3.63, 3.8) is 0 Å².